The van der Waals surface area contributed by atoms with Crippen molar-refractivity contribution < 1.29 is 0 Å². The quantitative estimate of drug-likeness (QED) is 0.803. The summed E-state index contributed by atoms with van der Waals surface area (Å²) in [6, 6.07) is 14.6. The highest BCUT2D eigenvalue weighted by molar-refractivity contribution is 5.19. The molecule has 0 bridgehead atoms. The van der Waals surface area contributed by atoms with Crippen molar-refractivity contribution in [3.8, 4) is 0 Å². The Morgan fingerprint density at radius 1 is 1.07 bits per heavy atom. The number of nitrogens with zero attached hydrogens (tertiary/aromatic N) is 1. The lowest BCUT2D eigenvalue weighted by Crippen LogP contribution is -2.18. The van der Waals surface area contributed by atoms with Crippen LogP contribution in [0.3, 0.4) is 0 Å². The lowest BCUT2D eigenvalue weighted by atomic mass is 10.0. The maximum Gasteiger partial charge on any atom is 0.0379 e. The van der Waals surface area contributed by atoms with Crippen LogP contribution < -0.4 is 5.43 Å². The summed E-state index contributed by atoms with van der Waals surface area (Å²) in [4.78, 5) is 0. The Morgan fingerprint density at radius 2 is 1.73 bits per heavy atom. The first-order valence-corrected chi connectivity index (χ1v) is 5.28. The highest BCUT2D eigenvalue weighted by Gasteiger charge is 2.03. The molecule has 2 rings (SSSR count). The standard InChI is InChI=1S/C13H16N2/c1-12(13-7-3-2-4-8-13)11-14-15-9-5-6-10-15/h2-10,12,14H,11H2,1H3. The Bertz CT molecular complexity index is 378. The predicted molar refractivity (Wildman–Crippen MR) is 63.5 cm³/mol. The second kappa shape index (κ2) is 4.69. The molecule has 0 saturated carbocycles. The molecule has 0 aliphatic rings. The molecule has 2 aromatic rings. The number of rotatable bonds is 4. The van der Waals surface area contributed by atoms with Crippen LogP contribution >= 0.6 is 0 Å². The van der Waals surface area contributed by atoms with E-state index in [2.05, 4.69) is 42.7 Å². The highest BCUT2D eigenvalue weighted by atomic mass is 15.4. The minimum absolute atomic E-state index is 0.522. The number of hydrogen-bond acceptors (Lipinski definition) is 1. The Kier molecular flexibility index (Phi) is 3.08. The molecule has 2 heteroatoms. The molecule has 0 fully saturated rings. The summed E-state index contributed by atoms with van der Waals surface area (Å²) in [5.74, 6) is 0.522. The van der Waals surface area contributed by atoms with Gasteiger partial charge in [0.2, 0.25) is 0 Å². The molecule has 15 heavy (non-hydrogen) atoms. The molecule has 1 aromatic carbocycles. The molecule has 2 nitrogen and oxygen atoms in total. The summed E-state index contributed by atoms with van der Waals surface area (Å²) < 4.78 is 1.99. The van der Waals surface area contributed by atoms with E-state index in [-0.39, 0.29) is 0 Å². The fraction of sp³-hybridized carbons (Fsp3) is 0.231. The fourth-order valence-corrected chi connectivity index (χ4v) is 1.58. The van der Waals surface area contributed by atoms with Crippen molar-refractivity contribution in [1.29, 1.82) is 0 Å². The van der Waals surface area contributed by atoms with Gasteiger partial charge in [0.1, 0.15) is 0 Å². The first-order chi connectivity index (χ1) is 7.36. The van der Waals surface area contributed by atoms with E-state index >= 15 is 0 Å². The maximum atomic E-state index is 3.34. The van der Waals surface area contributed by atoms with Crippen molar-refractivity contribution in [2.45, 2.75) is 12.8 Å². The molecule has 0 radical (unpaired) electrons. The van der Waals surface area contributed by atoms with Gasteiger partial charge in [-0.25, -0.2) is 0 Å². The minimum Gasteiger partial charge on any atom is -0.326 e. The Morgan fingerprint density at radius 3 is 2.40 bits per heavy atom. The normalized spacial score (nSPS) is 12.3. The third kappa shape index (κ3) is 2.62. The van der Waals surface area contributed by atoms with Gasteiger partial charge in [0.05, 0.1) is 0 Å². The van der Waals surface area contributed by atoms with Crippen LogP contribution in [0, 0.1) is 0 Å². The van der Waals surface area contributed by atoms with Gasteiger partial charge in [-0.15, -0.1) is 0 Å². The average molecular weight is 200 g/mol. The molecule has 1 N–H and O–H groups in total. The van der Waals surface area contributed by atoms with Gasteiger partial charge in [0.15, 0.2) is 0 Å². The Labute approximate surface area is 90.5 Å². The van der Waals surface area contributed by atoms with Gasteiger partial charge in [0, 0.05) is 18.9 Å². The molecule has 78 valence electrons. The van der Waals surface area contributed by atoms with Crippen LogP contribution in [0.15, 0.2) is 54.9 Å². The van der Waals surface area contributed by atoms with Crippen LogP contribution in [-0.2, 0) is 0 Å². The summed E-state index contributed by atoms with van der Waals surface area (Å²) in [6.07, 6.45) is 4.02. The SMILES string of the molecule is CC(CNn1cccc1)c1ccccc1. The van der Waals surface area contributed by atoms with E-state index in [1.165, 1.54) is 5.56 Å². The fourth-order valence-electron chi connectivity index (χ4n) is 1.58. The predicted octanol–water partition coefficient (Wildman–Crippen LogP) is 2.84. The molecule has 1 aromatic heterocycles. The summed E-state index contributed by atoms with van der Waals surface area (Å²) in [7, 11) is 0. The van der Waals surface area contributed by atoms with Gasteiger partial charge >= 0.3 is 0 Å². The van der Waals surface area contributed by atoms with Crippen LogP contribution in [-0.4, -0.2) is 11.2 Å². The van der Waals surface area contributed by atoms with Crippen molar-refractivity contribution >= 4 is 0 Å². The average Bonchev–Trinajstić information content (AvgIpc) is 2.80. The molecule has 1 heterocycles. The van der Waals surface area contributed by atoms with E-state index in [0.29, 0.717) is 5.92 Å². The Hall–Kier alpha value is -1.70. The third-order valence-electron chi connectivity index (χ3n) is 2.55. The van der Waals surface area contributed by atoms with Crippen LogP contribution in [0.25, 0.3) is 0 Å². The molecule has 0 aliphatic heterocycles. The molecule has 0 amide bonds. The summed E-state index contributed by atoms with van der Waals surface area (Å²) in [5.41, 5.74) is 4.71. The van der Waals surface area contributed by atoms with Gasteiger partial charge < -0.3 is 5.43 Å². The number of aromatic nitrogens is 1. The van der Waals surface area contributed by atoms with E-state index in [1.807, 2.05) is 29.2 Å². The van der Waals surface area contributed by atoms with Gasteiger partial charge in [-0.05, 0) is 23.6 Å². The van der Waals surface area contributed by atoms with Crippen molar-refractivity contribution in [2.24, 2.45) is 0 Å². The van der Waals surface area contributed by atoms with Crippen LogP contribution in [0.4, 0.5) is 0 Å². The number of benzene rings is 1. The second-order valence-electron chi connectivity index (χ2n) is 3.76. The summed E-state index contributed by atoms with van der Waals surface area (Å²) in [6.45, 7) is 3.17. The third-order valence-corrected chi connectivity index (χ3v) is 2.55. The molecule has 0 spiro atoms. The van der Waals surface area contributed by atoms with E-state index in [1.54, 1.807) is 0 Å². The van der Waals surface area contributed by atoms with Crippen molar-refractivity contribution in [3.63, 3.8) is 0 Å². The lowest BCUT2D eigenvalue weighted by Gasteiger charge is -2.14. The van der Waals surface area contributed by atoms with Gasteiger partial charge in [-0.3, -0.25) is 4.68 Å². The monoisotopic (exact) mass is 200 g/mol. The molecule has 1 atom stereocenters. The van der Waals surface area contributed by atoms with Crippen molar-refractivity contribution in [2.75, 3.05) is 12.0 Å². The zero-order valence-corrected chi connectivity index (χ0v) is 8.93. The summed E-state index contributed by atoms with van der Waals surface area (Å²) in [5, 5.41) is 0. The molecular formula is C13H16N2. The molecular weight excluding hydrogens is 184 g/mol. The van der Waals surface area contributed by atoms with Crippen LogP contribution in [0.2, 0.25) is 0 Å². The van der Waals surface area contributed by atoms with Crippen molar-refractivity contribution in [1.82, 2.24) is 4.68 Å². The molecule has 1 unspecified atom stereocenters. The topological polar surface area (TPSA) is 17.0 Å². The van der Waals surface area contributed by atoms with E-state index in [9.17, 15) is 0 Å². The smallest absolute Gasteiger partial charge is 0.0379 e. The minimum atomic E-state index is 0.522. The molecule has 0 saturated heterocycles. The first-order valence-electron chi connectivity index (χ1n) is 5.28. The second-order valence-corrected chi connectivity index (χ2v) is 3.76. The van der Waals surface area contributed by atoms with Gasteiger partial charge in [-0.2, -0.15) is 0 Å². The zero-order valence-electron chi connectivity index (χ0n) is 8.93. The molecule has 0 aliphatic carbocycles. The lowest BCUT2D eigenvalue weighted by molar-refractivity contribution is 0.727. The van der Waals surface area contributed by atoms with Crippen LogP contribution in [0.1, 0.15) is 18.4 Å². The summed E-state index contributed by atoms with van der Waals surface area (Å²) >= 11 is 0. The highest BCUT2D eigenvalue weighted by Crippen LogP contribution is 2.13. The number of hydrogen-bond donors (Lipinski definition) is 1. The maximum absolute atomic E-state index is 3.34. The first kappa shape index (κ1) is 9.84. The van der Waals surface area contributed by atoms with Gasteiger partial charge in [-0.1, -0.05) is 37.3 Å². The number of nitrogens with one attached hydrogen (secondary N) is 1. The largest absolute Gasteiger partial charge is 0.326 e. The van der Waals surface area contributed by atoms with Gasteiger partial charge in [0.25, 0.3) is 0 Å². The van der Waals surface area contributed by atoms with Crippen molar-refractivity contribution in [3.05, 3.63) is 60.4 Å². The van der Waals surface area contributed by atoms with E-state index in [4.69, 9.17) is 0 Å². The Balaban J connectivity index is 1.90. The zero-order chi connectivity index (χ0) is 10.5. The van der Waals surface area contributed by atoms with E-state index < -0.39 is 0 Å². The van der Waals surface area contributed by atoms with Crippen LogP contribution in [0.5, 0.6) is 0 Å². The van der Waals surface area contributed by atoms with E-state index in [0.717, 1.165) is 6.54 Å².